The summed E-state index contributed by atoms with van der Waals surface area (Å²) in [6, 6.07) is 0. The van der Waals surface area contributed by atoms with E-state index in [1.165, 1.54) is 122 Å². The fourth-order valence-corrected chi connectivity index (χ4v) is 11.2. The van der Waals surface area contributed by atoms with Crippen LogP contribution >= 0.6 is 0 Å². The first-order valence-corrected chi connectivity index (χ1v) is 22.1. The summed E-state index contributed by atoms with van der Waals surface area (Å²) in [5.41, 5.74) is 1.21. The Bertz CT molecular complexity index is 734. The molecule has 0 heteroatoms. The van der Waals surface area contributed by atoms with E-state index in [1.54, 1.807) is 12.8 Å². The smallest absolute Gasteiger partial charge is 0.0321 e. The molecule has 5 fully saturated rings. The second kappa shape index (κ2) is 25.9. The third-order valence-electron chi connectivity index (χ3n) is 14.5. The van der Waals surface area contributed by atoms with Gasteiger partial charge in [0.15, 0.2) is 0 Å². The van der Waals surface area contributed by atoms with Crippen LogP contribution in [0.25, 0.3) is 0 Å². The molecule has 304 valence electrons. The molecular formula is C50H104. The minimum absolute atomic E-state index is 0. The first kappa shape index (κ1) is 52.1. The Balaban J connectivity index is 0. The molecule has 0 heterocycles. The molecule has 0 amide bonds. The molecule has 8 unspecified atom stereocenters. The summed E-state index contributed by atoms with van der Waals surface area (Å²) in [4.78, 5) is 0. The molecule has 0 nitrogen and oxygen atoms in total. The molecule has 0 aromatic heterocycles. The van der Waals surface area contributed by atoms with Crippen molar-refractivity contribution in [3.63, 3.8) is 0 Å². The number of rotatable bonds is 5. The van der Waals surface area contributed by atoms with E-state index in [0.717, 1.165) is 65.1 Å². The van der Waals surface area contributed by atoms with Gasteiger partial charge in [-0.25, -0.2) is 0 Å². The van der Waals surface area contributed by atoms with Gasteiger partial charge in [0.2, 0.25) is 0 Å². The van der Waals surface area contributed by atoms with Gasteiger partial charge in [0.25, 0.3) is 0 Å². The van der Waals surface area contributed by atoms with Crippen LogP contribution in [0.1, 0.15) is 247 Å². The Morgan fingerprint density at radius 3 is 1.08 bits per heavy atom. The Morgan fingerprint density at radius 2 is 0.760 bits per heavy atom. The lowest BCUT2D eigenvalue weighted by atomic mass is 9.60. The van der Waals surface area contributed by atoms with Crippen LogP contribution < -0.4 is 0 Å². The molecule has 5 saturated carbocycles. The van der Waals surface area contributed by atoms with Crippen LogP contribution in [0.5, 0.6) is 0 Å². The summed E-state index contributed by atoms with van der Waals surface area (Å²) in [5.74, 6) is 11.2. The Kier molecular flexibility index (Phi) is 27.0. The van der Waals surface area contributed by atoms with Gasteiger partial charge in [-0.3, -0.25) is 0 Å². The van der Waals surface area contributed by atoms with Crippen molar-refractivity contribution in [1.82, 2.24) is 0 Å². The van der Waals surface area contributed by atoms with Crippen molar-refractivity contribution in [2.24, 2.45) is 75.9 Å². The van der Waals surface area contributed by atoms with Gasteiger partial charge in [-0.05, 0) is 121 Å². The van der Waals surface area contributed by atoms with E-state index in [4.69, 9.17) is 0 Å². The molecule has 0 saturated heterocycles. The molecule has 0 aromatic rings. The van der Waals surface area contributed by atoms with Gasteiger partial charge in [-0.15, -0.1) is 0 Å². The minimum Gasteiger partial charge on any atom is -0.0776 e. The van der Waals surface area contributed by atoms with Crippen LogP contribution in [0.2, 0.25) is 0 Å². The topological polar surface area (TPSA) is 0 Å². The zero-order valence-electron chi connectivity index (χ0n) is 35.2. The summed E-state index contributed by atoms with van der Waals surface area (Å²) in [6.45, 7) is 31.0. The average molecular weight is 705 g/mol. The van der Waals surface area contributed by atoms with E-state index < -0.39 is 0 Å². The molecule has 0 aromatic carbocycles. The summed E-state index contributed by atoms with van der Waals surface area (Å²) < 4.78 is 0. The quantitative estimate of drug-likeness (QED) is 0.267. The maximum absolute atomic E-state index is 2.47. The van der Waals surface area contributed by atoms with Crippen LogP contribution in [0.15, 0.2) is 0 Å². The Labute approximate surface area is 322 Å². The normalized spacial score (nSPS) is 39.4. The van der Waals surface area contributed by atoms with E-state index in [1.807, 2.05) is 0 Å². The Hall–Kier alpha value is 0. The first-order valence-electron chi connectivity index (χ1n) is 22.1. The predicted octanol–water partition coefficient (Wildman–Crippen LogP) is 18.1. The molecule has 8 atom stereocenters. The van der Waals surface area contributed by atoms with E-state index in [9.17, 15) is 0 Å². The first-order chi connectivity index (χ1) is 22.1. The molecule has 5 aliphatic rings. The highest BCUT2D eigenvalue weighted by atomic mass is 14.4. The van der Waals surface area contributed by atoms with Crippen molar-refractivity contribution in [3.05, 3.63) is 0 Å². The number of hydrogen-bond acceptors (Lipinski definition) is 0. The zero-order chi connectivity index (χ0) is 35.2. The van der Waals surface area contributed by atoms with Crippen LogP contribution in [0.3, 0.4) is 0 Å². The van der Waals surface area contributed by atoms with Gasteiger partial charge >= 0.3 is 0 Å². The summed E-state index contributed by atoms with van der Waals surface area (Å²) >= 11 is 0. The Morgan fingerprint density at radius 1 is 0.420 bits per heavy atom. The van der Waals surface area contributed by atoms with Crippen LogP contribution in [-0.2, 0) is 0 Å². The molecule has 0 spiro atoms. The summed E-state index contributed by atoms with van der Waals surface area (Å²) in [5, 5.41) is 0. The van der Waals surface area contributed by atoms with E-state index in [0.29, 0.717) is 10.8 Å². The molecular weight excluding hydrogens is 601 g/mol. The average Bonchev–Trinajstić information content (AvgIpc) is 2.99. The van der Waals surface area contributed by atoms with Gasteiger partial charge in [-0.2, -0.15) is 0 Å². The highest BCUT2D eigenvalue weighted by Crippen LogP contribution is 2.50. The van der Waals surface area contributed by atoms with Crippen LogP contribution in [0, 0.1) is 75.9 Å². The third kappa shape index (κ3) is 19.9. The largest absolute Gasteiger partial charge is 0.0776 e. The minimum atomic E-state index is 0. The maximum atomic E-state index is 2.47. The van der Waals surface area contributed by atoms with E-state index in [-0.39, 0.29) is 22.3 Å². The van der Waals surface area contributed by atoms with Crippen molar-refractivity contribution in [1.29, 1.82) is 0 Å². The fourth-order valence-electron chi connectivity index (χ4n) is 11.2. The lowest BCUT2D eigenvalue weighted by Gasteiger charge is -2.45. The van der Waals surface area contributed by atoms with Crippen molar-refractivity contribution < 1.29 is 0 Å². The molecule has 5 aliphatic carbocycles. The van der Waals surface area contributed by atoms with Crippen molar-refractivity contribution >= 4 is 0 Å². The summed E-state index contributed by atoms with van der Waals surface area (Å²) in [6.07, 6.45) is 31.2. The summed E-state index contributed by atoms with van der Waals surface area (Å²) in [7, 11) is 0. The zero-order valence-corrected chi connectivity index (χ0v) is 35.2. The molecule has 0 aliphatic heterocycles. The predicted molar refractivity (Wildman–Crippen MR) is 234 cm³/mol. The van der Waals surface area contributed by atoms with Crippen molar-refractivity contribution in [3.8, 4) is 0 Å². The second-order valence-corrected chi connectivity index (χ2v) is 20.7. The SMILES string of the molecule is C.C.C.CC1CCC(CC2CCC(C)C(C)C2)CC1C.CC1CCC(CC2CCC(C)CC2)CC1.CCC.CCC1(C)CC(C)CC(C)(C)C1. The van der Waals surface area contributed by atoms with Gasteiger partial charge in [0.1, 0.15) is 0 Å². The second-order valence-electron chi connectivity index (χ2n) is 20.7. The fraction of sp³-hybridized carbons (Fsp3) is 1.00. The molecule has 0 bridgehead atoms. The van der Waals surface area contributed by atoms with Gasteiger partial charge in [-0.1, -0.05) is 202 Å². The molecule has 0 radical (unpaired) electrons. The molecule has 5 rings (SSSR count). The highest BCUT2D eigenvalue weighted by molar-refractivity contribution is 4.89. The van der Waals surface area contributed by atoms with Gasteiger partial charge in [0.05, 0.1) is 0 Å². The lowest BCUT2D eigenvalue weighted by molar-refractivity contribution is 0.0582. The van der Waals surface area contributed by atoms with E-state index >= 15 is 0 Å². The maximum Gasteiger partial charge on any atom is -0.0321 e. The van der Waals surface area contributed by atoms with Gasteiger partial charge in [0, 0.05) is 0 Å². The lowest BCUT2D eigenvalue weighted by Crippen LogP contribution is -2.34. The third-order valence-corrected chi connectivity index (χ3v) is 14.5. The van der Waals surface area contributed by atoms with E-state index in [2.05, 4.69) is 90.0 Å². The van der Waals surface area contributed by atoms with Crippen molar-refractivity contribution in [2.45, 2.75) is 247 Å². The van der Waals surface area contributed by atoms with Crippen LogP contribution in [0.4, 0.5) is 0 Å². The van der Waals surface area contributed by atoms with Crippen molar-refractivity contribution in [2.75, 3.05) is 0 Å². The molecule has 0 N–H and O–H groups in total. The van der Waals surface area contributed by atoms with Crippen LogP contribution in [-0.4, -0.2) is 0 Å². The standard InChI is InChI=1S/C17H32.C15H28.C12H24.C3H8.3CH4/c1-12-5-7-16(9-14(12)3)11-17-8-6-13(2)15(4)10-17;1-12-3-7-14(8-4-12)11-15-9-5-13(2)6-10-15;1-6-12(5)8-10(2)7-11(3,4)9-12;1-3-2;;;/h12-17H,5-11H2,1-4H3;12-15H,3-11H2,1-2H3;10H,6-9H2,1-5H3;3H2,1-2H3;3*1H4. The molecule has 50 heavy (non-hydrogen) atoms. The number of hydrogen-bond donors (Lipinski definition) is 0. The highest BCUT2D eigenvalue weighted by Gasteiger charge is 2.38. The monoisotopic (exact) mass is 705 g/mol. The van der Waals surface area contributed by atoms with Gasteiger partial charge < -0.3 is 0 Å².